The van der Waals surface area contributed by atoms with E-state index in [0.29, 0.717) is 0 Å². The second-order valence-electron chi connectivity index (χ2n) is 9.15. The molecule has 1 N–H and O–H groups in total. The summed E-state index contributed by atoms with van der Waals surface area (Å²) in [4.78, 5) is 9.24. The molecule has 162 valence electrons. The second-order valence-corrected chi connectivity index (χ2v) is 9.54. The predicted octanol–water partition coefficient (Wildman–Crippen LogP) is 5.89. The molecule has 0 spiro atoms. The summed E-state index contributed by atoms with van der Waals surface area (Å²) in [5, 5.41) is 4.27. The molecular weight excluding hydrogens is 412 g/mol. The summed E-state index contributed by atoms with van der Waals surface area (Å²) in [6.45, 7) is 6.71. The first-order chi connectivity index (χ1) is 15.4. The third kappa shape index (κ3) is 3.37. The molecule has 2 atom stereocenters. The van der Waals surface area contributed by atoms with Gasteiger partial charge in [-0.25, -0.2) is 0 Å². The molecule has 0 aliphatic carbocycles. The molecule has 1 fully saturated rings. The zero-order valence-electron chi connectivity index (χ0n) is 18.9. The van der Waals surface area contributed by atoms with Crippen LogP contribution in [0.1, 0.15) is 49.7 Å². The summed E-state index contributed by atoms with van der Waals surface area (Å²) in [5.74, 6) is 0. The summed E-state index contributed by atoms with van der Waals surface area (Å²) >= 11 is 5.84. The monoisotopic (exact) mass is 440 g/mol. The highest BCUT2D eigenvalue weighted by atomic mass is 32.1. The molecular formula is C27H28N4S. The fraction of sp³-hybridized carbons (Fsp3) is 0.259. The van der Waals surface area contributed by atoms with Crippen LogP contribution in [0.5, 0.6) is 0 Å². The van der Waals surface area contributed by atoms with Crippen molar-refractivity contribution >= 4 is 34.3 Å². The molecule has 1 saturated heterocycles. The maximum absolute atomic E-state index is 5.84. The third-order valence-corrected chi connectivity index (χ3v) is 7.03. The fourth-order valence-corrected chi connectivity index (χ4v) is 5.27. The van der Waals surface area contributed by atoms with E-state index < -0.39 is 0 Å². The van der Waals surface area contributed by atoms with E-state index in [2.05, 4.69) is 103 Å². The molecule has 3 heterocycles. The number of hydrogen-bond donors (Lipinski definition) is 1. The number of para-hydroxylation sites is 1. The van der Waals surface area contributed by atoms with Crippen LogP contribution in [-0.2, 0) is 0 Å². The van der Waals surface area contributed by atoms with Crippen molar-refractivity contribution < 1.29 is 0 Å². The maximum atomic E-state index is 5.84. The van der Waals surface area contributed by atoms with Gasteiger partial charge in [0.15, 0.2) is 5.11 Å². The van der Waals surface area contributed by atoms with Crippen molar-refractivity contribution in [3.63, 3.8) is 0 Å². The van der Waals surface area contributed by atoms with Gasteiger partial charge in [-0.3, -0.25) is 4.98 Å². The molecule has 5 rings (SSSR count). The summed E-state index contributed by atoms with van der Waals surface area (Å²) in [5.41, 5.74) is 7.11. The highest BCUT2D eigenvalue weighted by molar-refractivity contribution is 7.80. The van der Waals surface area contributed by atoms with Gasteiger partial charge in [0, 0.05) is 30.2 Å². The molecule has 0 saturated carbocycles. The van der Waals surface area contributed by atoms with Crippen LogP contribution in [0.25, 0.3) is 5.57 Å². The van der Waals surface area contributed by atoms with Gasteiger partial charge < -0.3 is 15.1 Å². The van der Waals surface area contributed by atoms with Crippen LogP contribution in [0.15, 0.2) is 79.0 Å². The average Bonchev–Trinajstić information content (AvgIpc) is 3.15. The van der Waals surface area contributed by atoms with E-state index in [9.17, 15) is 0 Å². The summed E-state index contributed by atoms with van der Waals surface area (Å²) in [7, 11) is 2.17. The van der Waals surface area contributed by atoms with E-state index in [1.54, 1.807) is 0 Å². The molecule has 2 aliphatic rings. The van der Waals surface area contributed by atoms with Crippen molar-refractivity contribution in [2.75, 3.05) is 16.8 Å². The molecule has 2 aromatic carbocycles. The number of aromatic nitrogens is 1. The minimum Gasteiger partial charge on any atom is -0.366 e. The smallest absolute Gasteiger partial charge is 0.174 e. The highest BCUT2D eigenvalue weighted by Crippen LogP contribution is 2.44. The molecule has 5 heteroatoms. The van der Waals surface area contributed by atoms with Crippen LogP contribution >= 0.6 is 12.2 Å². The summed E-state index contributed by atoms with van der Waals surface area (Å²) in [6, 6.07) is 23.2. The zero-order chi connectivity index (χ0) is 22.5. The largest absolute Gasteiger partial charge is 0.366 e. The molecule has 2 aliphatic heterocycles. The Hall–Kier alpha value is -3.18. The van der Waals surface area contributed by atoms with E-state index in [1.165, 1.54) is 22.4 Å². The van der Waals surface area contributed by atoms with Crippen molar-refractivity contribution in [2.45, 2.75) is 38.4 Å². The van der Waals surface area contributed by atoms with Crippen molar-refractivity contribution in [1.29, 1.82) is 0 Å². The summed E-state index contributed by atoms with van der Waals surface area (Å²) < 4.78 is 0. The predicted molar refractivity (Wildman–Crippen MR) is 137 cm³/mol. The molecule has 0 bridgehead atoms. The Morgan fingerprint density at radius 1 is 1.00 bits per heavy atom. The average molecular weight is 441 g/mol. The number of fused-ring (bicyclic) bond motifs is 1. The van der Waals surface area contributed by atoms with Gasteiger partial charge in [-0.15, -0.1) is 0 Å². The lowest BCUT2D eigenvalue weighted by atomic mass is 9.86. The normalized spacial score (nSPS) is 21.8. The Morgan fingerprint density at radius 2 is 1.75 bits per heavy atom. The first-order valence-electron chi connectivity index (χ1n) is 11.0. The van der Waals surface area contributed by atoms with Crippen molar-refractivity contribution in [2.24, 2.45) is 0 Å². The molecule has 32 heavy (non-hydrogen) atoms. The molecule has 0 amide bonds. The maximum Gasteiger partial charge on any atom is 0.174 e. The Kier molecular flexibility index (Phi) is 5.01. The van der Waals surface area contributed by atoms with Crippen LogP contribution in [0, 0.1) is 0 Å². The lowest BCUT2D eigenvalue weighted by Crippen LogP contribution is -2.42. The third-order valence-electron chi connectivity index (χ3n) is 6.71. The van der Waals surface area contributed by atoms with Gasteiger partial charge in [0.25, 0.3) is 0 Å². The Bertz CT molecular complexity index is 1190. The quantitative estimate of drug-likeness (QED) is 0.513. The van der Waals surface area contributed by atoms with E-state index in [0.717, 1.165) is 16.5 Å². The highest BCUT2D eigenvalue weighted by Gasteiger charge is 2.41. The van der Waals surface area contributed by atoms with Crippen LogP contribution in [0.4, 0.5) is 11.4 Å². The standard InChI is InChI=1S/C27H28N4S/c1-18-17-27(2,3)30(4)23-14-13-19(16-21(18)23)25-24(22-12-8-9-15-28-22)29-26(32)31(25)20-10-6-5-7-11-20/h5-17,24-25H,1-4H3,(H,29,32)/t24-,25-/m1/s1. The molecule has 0 radical (unpaired) electrons. The van der Waals surface area contributed by atoms with Gasteiger partial charge in [0.05, 0.1) is 23.3 Å². The number of nitrogens with one attached hydrogen (secondary N) is 1. The number of thiocarbonyl (C=S) groups is 1. The number of hydrogen-bond acceptors (Lipinski definition) is 3. The van der Waals surface area contributed by atoms with E-state index in [1.807, 2.05) is 24.4 Å². The number of pyridine rings is 1. The van der Waals surface area contributed by atoms with Crippen molar-refractivity contribution in [1.82, 2.24) is 10.3 Å². The van der Waals surface area contributed by atoms with Crippen LogP contribution < -0.4 is 15.1 Å². The fourth-order valence-electron chi connectivity index (χ4n) is 4.92. The first kappa shape index (κ1) is 20.7. The van der Waals surface area contributed by atoms with Gasteiger partial charge >= 0.3 is 0 Å². The SMILES string of the molecule is CC1=CC(C)(C)N(C)c2ccc([C@@H]3[C@@H](c4ccccn4)NC(=S)N3c3ccccc3)cc21. The second kappa shape index (κ2) is 7.75. The molecule has 1 aromatic heterocycles. The molecule has 4 nitrogen and oxygen atoms in total. The minimum atomic E-state index is -0.0380. The Morgan fingerprint density at radius 3 is 2.47 bits per heavy atom. The number of benzene rings is 2. The minimum absolute atomic E-state index is 0.00172. The van der Waals surface area contributed by atoms with Gasteiger partial charge in [-0.2, -0.15) is 0 Å². The van der Waals surface area contributed by atoms with Crippen LogP contribution in [0.3, 0.4) is 0 Å². The van der Waals surface area contributed by atoms with E-state index in [4.69, 9.17) is 12.2 Å². The van der Waals surface area contributed by atoms with Gasteiger partial charge in [0.2, 0.25) is 0 Å². The van der Waals surface area contributed by atoms with E-state index >= 15 is 0 Å². The van der Waals surface area contributed by atoms with E-state index in [-0.39, 0.29) is 17.6 Å². The topological polar surface area (TPSA) is 31.4 Å². The lowest BCUT2D eigenvalue weighted by Gasteiger charge is -2.41. The Labute approximate surface area is 195 Å². The van der Waals surface area contributed by atoms with Crippen LogP contribution in [-0.4, -0.2) is 22.7 Å². The lowest BCUT2D eigenvalue weighted by molar-refractivity contribution is 0.566. The molecule has 0 unspecified atom stereocenters. The first-order valence-corrected chi connectivity index (χ1v) is 11.4. The van der Waals surface area contributed by atoms with Crippen molar-refractivity contribution in [3.05, 3.63) is 95.8 Å². The van der Waals surface area contributed by atoms with Gasteiger partial charge in [0.1, 0.15) is 0 Å². The number of nitrogens with zero attached hydrogens (tertiary/aromatic N) is 3. The van der Waals surface area contributed by atoms with Gasteiger partial charge in [-0.1, -0.05) is 36.4 Å². The van der Waals surface area contributed by atoms with Gasteiger partial charge in [-0.05, 0) is 80.5 Å². The zero-order valence-corrected chi connectivity index (χ0v) is 19.7. The van der Waals surface area contributed by atoms with Crippen LogP contribution in [0.2, 0.25) is 0 Å². The number of likely N-dealkylation sites (N-methyl/N-ethyl adjacent to an activating group) is 1. The Balaban J connectivity index is 1.66. The number of rotatable bonds is 3. The molecule has 3 aromatic rings. The van der Waals surface area contributed by atoms with Crippen molar-refractivity contribution in [3.8, 4) is 0 Å². The number of allylic oxidation sites excluding steroid dienone is 1. The summed E-state index contributed by atoms with van der Waals surface area (Å²) in [6.07, 6.45) is 4.20. The number of anilines is 2.